The van der Waals surface area contributed by atoms with Gasteiger partial charge in [-0.25, -0.2) is 0 Å². The zero-order valence-electron chi connectivity index (χ0n) is 14.1. The minimum atomic E-state index is -0.612. The van der Waals surface area contributed by atoms with Gasteiger partial charge in [-0.15, -0.1) is 0 Å². The van der Waals surface area contributed by atoms with Crippen LogP contribution in [-0.4, -0.2) is 22.4 Å². The summed E-state index contributed by atoms with van der Waals surface area (Å²) < 4.78 is 0. The van der Waals surface area contributed by atoms with Crippen molar-refractivity contribution in [2.24, 2.45) is 28.1 Å². The number of rotatable bonds is 1. The summed E-state index contributed by atoms with van der Waals surface area (Å²) in [5, 5.41) is 20.9. The van der Waals surface area contributed by atoms with E-state index in [0.717, 1.165) is 37.7 Å². The van der Waals surface area contributed by atoms with Crippen molar-refractivity contribution >= 4 is 0 Å². The van der Waals surface area contributed by atoms with Crippen LogP contribution in [-0.2, 0) is 0 Å². The SMILES string of the molecule is C=C1C[C@@]23C=C[C@H]4C(C)(CCC[C@@]4(C)CO)[C@@H]2CCC1(O)C3. The van der Waals surface area contributed by atoms with E-state index in [9.17, 15) is 10.2 Å². The lowest BCUT2D eigenvalue weighted by molar-refractivity contribution is -0.115. The van der Waals surface area contributed by atoms with Gasteiger partial charge in [0, 0.05) is 6.61 Å². The molecule has 2 unspecified atom stereocenters. The molecule has 122 valence electrons. The lowest BCUT2D eigenvalue weighted by Gasteiger charge is -2.61. The van der Waals surface area contributed by atoms with Gasteiger partial charge in [-0.3, -0.25) is 0 Å². The van der Waals surface area contributed by atoms with Crippen LogP contribution in [0.3, 0.4) is 0 Å². The number of hydrogen-bond acceptors (Lipinski definition) is 2. The molecule has 0 aromatic rings. The molecule has 2 nitrogen and oxygen atoms in total. The fourth-order valence-corrected chi connectivity index (χ4v) is 6.98. The van der Waals surface area contributed by atoms with Crippen LogP contribution >= 0.6 is 0 Å². The first-order valence-electron chi connectivity index (χ1n) is 8.99. The summed E-state index contributed by atoms with van der Waals surface area (Å²) in [6.45, 7) is 9.22. The highest BCUT2D eigenvalue weighted by molar-refractivity contribution is 5.34. The van der Waals surface area contributed by atoms with Crippen LogP contribution in [0.15, 0.2) is 24.3 Å². The Kier molecular flexibility index (Phi) is 2.90. The Morgan fingerprint density at radius 3 is 2.77 bits per heavy atom. The van der Waals surface area contributed by atoms with Crippen molar-refractivity contribution in [1.29, 1.82) is 0 Å². The predicted molar refractivity (Wildman–Crippen MR) is 88.3 cm³/mol. The molecule has 0 heterocycles. The van der Waals surface area contributed by atoms with Crippen molar-refractivity contribution in [3.63, 3.8) is 0 Å². The highest BCUT2D eigenvalue weighted by atomic mass is 16.3. The lowest BCUT2D eigenvalue weighted by atomic mass is 9.43. The van der Waals surface area contributed by atoms with E-state index in [1.54, 1.807) is 0 Å². The molecule has 3 saturated carbocycles. The van der Waals surface area contributed by atoms with Gasteiger partial charge >= 0.3 is 0 Å². The molecule has 2 N–H and O–H groups in total. The summed E-state index contributed by atoms with van der Waals surface area (Å²) in [6, 6.07) is 0. The van der Waals surface area contributed by atoms with Crippen molar-refractivity contribution < 1.29 is 10.2 Å². The molecule has 0 saturated heterocycles. The van der Waals surface area contributed by atoms with E-state index in [1.807, 2.05) is 0 Å². The molecule has 0 aromatic heterocycles. The highest BCUT2D eigenvalue weighted by Crippen LogP contribution is 2.70. The van der Waals surface area contributed by atoms with Gasteiger partial charge in [0.05, 0.1) is 5.60 Å². The number of aliphatic hydroxyl groups is 2. The second-order valence-electron chi connectivity index (χ2n) is 9.32. The average Bonchev–Trinajstić information content (AvgIpc) is 2.64. The van der Waals surface area contributed by atoms with Crippen molar-refractivity contribution in [3.8, 4) is 0 Å². The molecule has 3 fully saturated rings. The van der Waals surface area contributed by atoms with Crippen molar-refractivity contribution in [2.45, 2.75) is 64.4 Å². The minimum Gasteiger partial charge on any atom is -0.396 e. The van der Waals surface area contributed by atoms with Crippen LogP contribution in [0.5, 0.6) is 0 Å². The molecule has 1 spiro atoms. The Bertz CT molecular complexity index is 552. The normalized spacial score (nSPS) is 56.6. The molecule has 2 heteroatoms. The average molecular weight is 302 g/mol. The maximum Gasteiger partial charge on any atom is 0.0863 e. The summed E-state index contributed by atoms with van der Waals surface area (Å²) in [7, 11) is 0. The summed E-state index contributed by atoms with van der Waals surface area (Å²) in [5.41, 5.74) is 0.856. The second kappa shape index (κ2) is 4.27. The van der Waals surface area contributed by atoms with Crippen LogP contribution in [0.2, 0.25) is 0 Å². The van der Waals surface area contributed by atoms with Crippen molar-refractivity contribution in [3.05, 3.63) is 24.3 Å². The summed E-state index contributed by atoms with van der Waals surface area (Å²) in [5.74, 6) is 1.09. The quantitative estimate of drug-likeness (QED) is 0.723. The van der Waals surface area contributed by atoms with Crippen molar-refractivity contribution in [2.75, 3.05) is 6.61 Å². The Morgan fingerprint density at radius 2 is 2.05 bits per heavy atom. The Balaban J connectivity index is 1.81. The smallest absolute Gasteiger partial charge is 0.0863 e. The first-order valence-corrected chi connectivity index (χ1v) is 8.99. The van der Waals surface area contributed by atoms with Crippen LogP contribution in [0.25, 0.3) is 0 Å². The maximum absolute atomic E-state index is 10.9. The molecular weight excluding hydrogens is 272 g/mol. The Labute approximate surface area is 134 Å². The molecule has 0 radical (unpaired) electrons. The second-order valence-corrected chi connectivity index (χ2v) is 9.32. The maximum atomic E-state index is 10.9. The van der Waals surface area contributed by atoms with Gasteiger partial charge < -0.3 is 10.2 Å². The third-order valence-electron chi connectivity index (χ3n) is 8.07. The molecule has 4 rings (SSSR count). The van der Waals surface area contributed by atoms with Crippen LogP contribution in [0.1, 0.15) is 58.8 Å². The zero-order chi connectivity index (χ0) is 15.8. The van der Waals surface area contributed by atoms with Crippen LogP contribution in [0, 0.1) is 28.1 Å². The molecule has 22 heavy (non-hydrogen) atoms. The molecule has 0 amide bonds. The first kappa shape index (κ1) is 15.0. The van der Waals surface area contributed by atoms with E-state index in [2.05, 4.69) is 32.6 Å². The monoisotopic (exact) mass is 302 g/mol. The minimum absolute atomic E-state index is 0.0223. The Morgan fingerprint density at radius 1 is 1.27 bits per heavy atom. The topological polar surface area (TPSA) is 40.5 Å². The zero-order valence-corrected chi connectivity index (χ0v) is 14.1. The third kappa shape index (κ3) is 1.63. The number of aliphatic hydroxyl groups excluding tert-OH is 1. The lowest BCUT2D eigenvalue weighted by Crippen LogP contribution is -2.56. The van der Waals surface area contributed by atoms with Gasteiger partial charge in [-0.2, -0.15) is 0 Å². The van der Waals surface area contributed by atoms with E-state index in [4.69, 9.17) is 0 Å². The molecule has 4 aliphatic carbocycles. The molecular formula is C20H30O2. The van der Waals surface area contributed by atoms with Gasteiger partial charge in [0.15, 0.2) is 0 Å². The van der Waals surface area contributed by atoms with Gasteiger partial charge in [-0.1, -0.05) is 39.0 Å². The van der Waals surface area contributed by atoms with Gasteiger partial charge in [0.25, 0.3) is 0 Å². The van der Waals surface area contributed by atoms with E-state index >= 15 is 0 Å². The molecule has 6 atom stereocenters. The molecule has 0 aliphatic heterocycles. The highest BCUT2D eigenvalue weighted by Gasteiger charge is 2.64. The van der Waals surface area contributed by atoms with E-state index in [1.165, 1.54) is 12.8 Å². The van der Waals surface area contributed by atoms with E-state index in [0.29, 0.717) is 11.8 Å². The van der Waals surface area contributed by atoms with Crippen molar-refractivity contribution in [1.82, 2.24) is 0 Å². The third-order valence-corrected chi connectivity index (χ3v) is 8.07. The fourth-order valence-electron chi connectivity index (χ4n) is 6.98. The first-order chi connectivity index (χ1) is 10.3. The van der Waals surface area contributed by atoms with Gasteiger partial charge in [0.2, 0.25) is 0 Å². The fraction of sp³-hybridized carbons (Fsp3) is 0.800. The number of fused-ring (bicyclic) bond motifs is 3. The predicted octanol–water partition coefficient (Wildman–Crippen LogP) is 3.84. The molecule has 4 aliphatic rings. The van der Waals surface area contributed by atoms with Gasteiger partial charge in [-0.05, 0) is 72.2 Å². The number of hydrogen-bond donors (Lipinski definition) is 2. The van der Waals surface area contributed by atoms with Crippen LogP contribution < -0.4 is 0 Å². The standard InChI is InChI=1S/C20H30O2/c1-14-11-19-9-5-15-17(2,13-21)7-4-8-18(15,3)16(19)6-10-20(14,22)12-19/h5,9,15-16,21-22H,1,4,6-8,10-13H2,2-3H3/t15-,16+,17+,18?,19-,20?/m1/s1. The molecule has 2 bridgehead atoms. The summed E-state index contributed by atoms with van der Waals surface area (Å²) in [6.07, 6.45) is 12.3. The molecule has 0 aromatic carbocycles. The Hall–Kier alpha value is -0.600. The van der Waals surface area contributed by atoms with Gasteiger partial charge in [0.1, 0.15) is 0 Å². The van der Waals surface area contributed by atoms with E-state index in [-0.39, 0.29) is 22.9 Å². The number of allylic oxidation sites excluding steroid dienone is 2. The van der Waals surface area contributed by atoms with Crippen LogP contribution in [0.4, 0.5) is 0 Å². The summed E-state index contributed by atoms with van der Waals surface area (Å²) >= 11 is 0. The summed E-state index contributed by atoms with van der Waals surface area (Å²) in [4.78, 5) is 0. The largest absolute Gasteiger partial charge is 0.396 e. The van der Waals surface area contributed by atoms with E-state index < -0.39 is 5.60 Å².